The van der Waals surface area contributed by atoms with E-state index in [1.807, 2.05) is 40.7 Å². The molecule has 0 N–H and O–H groups in total. The fourth-order valence-electron chi connectivity index (χ4n) is 1.31. The Balaban J connectivity index is 0.000000581. The summed E-state index contributed by atoms with van der Waals surface area (Å²) < 4.78 is 13.3. The van der Waals surface area contributed by atoms with Crippen LogP contribution in [-0.4, -0.2) is 4.98 Å². The lowest BCUT2D eigenvalue weighted by Crippen LogP contribution is -1.86. The molecule has 0 aliphatic rings. The molecule has 0 aliphatic heterocycles. The van der Waals surface area contributed by atoms with Crippen molar-refractivity contribution < 1.29 is 4.39 Å². The first kappa shape index (κ1) is 15.9. The van der Waals surface area contributed by atoms with E-state index in [0.29, 0.717) is 10.5 Å². The molecule has 0 saturated carbocycles. The monoisotopic (exact) mass is 255 g/mol. The molecule has 94 valence electrons. The number of fused-ring (bicyclic) bond motifs is 1. The Morgan fingerprint density at radius 1 is 1.12 bits per heavy atom. The fourth-order valence-corrected chi connectivity index (χ4v) is 1.52. The minimum atomic E-state index is -0.369. The molecule has 0 amide bonds. The standard InChI is InChI=1S/C10H7ClFN.2C2H6/c1-6-2-3-13-10-8(6)4-7(11)5-9(10)12;2*1-2/h2-5H,1H3;2*1-2H3. The van der Waals surface area contributed by atoms with E-state index in [-0.39, 0.29) is 5.82 Å². The van der Waals surface area contributed by atoms with Gasteiger partial charge in [-0.25, -0.2) is 4.39 Å². The van der Waals surface area contributed by atoms with Crippen molar-refractivity contribution in [3.63, 3.8) is 0 Å². The molecule has 1 aromatic heterocycles. The summed E-state index contributed by atoms with van der Waals surface area (Å²) in [5.74, 6) is -0.369. The third-order valence-electron chi connectivity index (χ3n) is 1.98. The van der Waals surface area contributed by atoms with Crippen molar-refractivity contribution in [1.29, 1.82) is 0 Å². The summed E-state index contributed by atoms with van der Waals surface area (Å²) >= 11 is 5.73. The van der Waals surface area contributed by atoms with Crippen LogP contribution >= 0.6 is 11.6 Å². The normalized spacial score (nSPS) is 8.88. The van der Waals surface area contributed by atoms with Gasteiger partial charge in [0.25, 0.3) is 0 Å². The number of benzene rings is 1. The molecular formula is C14H19ClFN. The fraction of sp³-hybridized carbons (Fsp3) is 0.357. The molecule has 3 heteroatoms. The number of hydrogen-bond donors (Lipinski definition) is 0. The van der Waals surface area contributed by atoms with Crippen LogP contribution in [0.25, 0.3) is 10.9 Å². The van der Waals surface area contributed by atoms with Gasteiger partial charge in [-0.15, -0.1) is 0 Å². The molecular weight excluding hydrogens is 237 g/mol. The van der Waals surface area contributed by atoms with Crippen molar-refractivity contribution in [3.05, 3.63) is 40.8 Å². The Morgan fingerprint density at radius 2 is 1.71 bits per heavy atom. The SMILES string of the molecule is CC.CC.Cc1ccnc2c(F)cc(Cl)cc12. The van der Waals surface area contributed by atoms with Crippen molar-refractivity contribution >= 4 is 22.5 Å². The summed E-state index contributed by atoms with van der Waals surface area (Å²) in [6, 6.07) is 4.83. The highest BCUT2D eigenvalue weighted by Gasteiger charge is 2.05. The molecule has 0 unspecified atom stereocenters. The number of aromatic nitrogens is 1. The van der Waals surface area contributed by atoms with E-state index in [0.717, 1.165) is 10.9 Å². The predicted molar refractivity (Wildman–Crippen MR) is 74.1 cm³/mol. The molecule has 0 radical (unpaired) electrons. The molecule has 2 aromatic rings. The first-order valence-electron chi connectivity index (χ1n) is 5.89. The molecule has 0 aliphatic carbocycles. The zero-order valence-electron chi connectivity index (χ0n) is 11.0. The van der Waals surface area contributed by atoms with Gasteiger partial charge in [-0.3, -0.25) is 4.98 Å². The minimum absolute atomic E-state index is 0.369. The first-order chi connectivity index (χ1) is 8.18. The van der Waals surface area contributed by atoms with Crippen molar-refractivity contribution in [1.82, 2.24) is 4.98 Å². The molecule has 0 fully saturated rings. The Morgan fingerprint density at radius 3 is 2.29 bits per heavy atom. The van der Waals surface area contributed by atoms with Crippen molar-refractivity contribution in [2.45, 2.75) is 34.6 Å². The van der Waals surface area contributed by atoms with Gasteiger partial charge in [-0.05, 0) is 30.7 Å². The lowest BCUT2D eigenvalue weighted by atomic mass is 10.1. The summed E-state index contributed by atoms with van der Waals surface area (Å²) in [4.78, 5) is 3.95. The van der Waals surface area contributed by atoms with Crippen LogP contribution in [0.1, 0.15) is 33.3 Å². The Bertz CT molecular complexity index is 469. The van der Waals surface area contributed by atoms with Crippen LogP contribution in [0.15, 0.2) is 24.4 Å². The lowest BCUT2D eigenvalue weighted by molar-refractivity contribution is 0.637. The van der Waals surface area contributed by atoms with Gasteiger partial charge in [0.05, 0.1) is 0 Å². The van der Waals surface area contributed by atoms with Gasteiger partial charge in [0.1, 0.15) is 5.52 Å². The summed E-state index contributed by atoms with van der Waals surface area (Å²) in [5, 5.41) is 1.17. The van der Waals surface area contributed by atoms with Gasteiger partial charge < -0.3 is 0 Å². The largest absolute Gasteiger partial charge is 0.253 e. The van der Waals surface area contributed by atoms with Crippen LogP contribution in [-0.2, 0) is 0 Å². The molecule has 1 aromatic carbocycles. The maximum absolute atomic E-state index is 13.3. The van der Waals surface area contributed by atoms with Crippen LogP contribution in [0.3, 0.4) is 0 Å². The second kappa shape index (κ2) is 8.02. The zero-order valence-corrected chi connectivity index (χ0v) is 11.8. The van der Waals surface area contributed by atoms with E-state index >= 15 is 0 Å². The van der Waals surface area contributed by atoms with E-state index in [4.69, 9.17) is 11.6 Å². The number of nitrogens with zero attached hydrogens (tertiary/aromatic N) is 1. The lowest BCUT2D eigenvalue weighted by Gasteiger charge is -2.02. The van der Waals surface area contributed by atoms with Gasteiger partial charge in [-0.2, -0.15) is 0 Å². The van der Waals surface area contributed by atoms with Crippen LogP contribution < -0.4 is 0 Å². The summed E-state index contributed by atoms with van der Waals surface area (Å²) in [5.41, 5.74) is 1.36. The topological polar surface area (TPSA) is 12.9 Å². The molecule has 0 spiro atoms. The van der Waals surface area contributed by atoms with Crippen LogP contribution in [0.4, 0.5) is 4.39 Å². The minimum Gasteiger partial charge on any atom is -0.253 e. The molecule has 17 heavy (non-hydrogen) atoms. The highest BCUT2D eigenvalue weighted by Crippen LogP contribution is 2.23. The average Bonchev–Trinajstić information content (AvgIpc) is 2.36. The van der Waals surface area contributed by atoms with E-state index in [1.165, 1.54) is 6.07 Å². The third kappa shape index (κ3) is 3.97. The van der Waals surface area contributed by atoms with Gasteiger partial charge >= 0.3 is 0 Å². The zero-order chi connectivity index (χ0) is 13.4. The Labute approximate surface area is 108 Å². The molecule has 0 saturated heterocycles. The van der Waals surface area contributed by atoms with E-state index in [9.17, 15) is 4.39 Å². The molecule has 1 nitrogen and oxygen atoms in total. The molecule has 2 rings (SSSR count). The summed E-state index contributed by atoms with van der Waals surface area (Å²) in [6.45, 7) is 9.90. The third-order valence-corrected chi connectivity index (χ3v) is 2.20. The number of hydrogen-bond acceptors (Lipinski definition) is 1. The van der Waals surface area contributed by atoms with Gasteiger partial charge in [0.2, 0.25) is 0 Å². The summed E-state index contributed by atoms with van der Waals surface area (Å²) in [7, 11) is 0. The van der Waals surface area contributed by atoms with Gasteiger partial charge in [0, 0.05) is 16.6 Å². The van der Waals surface area contributed by atoms with Crippen molar-refractivity contribution in [2.24, 2.45) is 0 Å². The van der Waals surface area contributed by atoms with Crippen LogP contribution in [0, 0.1) is 12.7 Å². The predicted octanol–water partition coefficient (Wildman–Crippen LogP) is 5.39. The second-order valence-electron chi connectivity index (χ2n) is 2.91. The maximum Gasteiger partial charge on any atom is 0.150 e. The Hall–Kier alpha value is -1.15. The van der Waals surface area contributed by atoms with Crippen LogP contribution in [0.5, 0.6) is 0 Å². The Kier molecular flexibility index (Phi) is 7.47. The highest BCUT2D eigenvalue weighted by molar-refractivity contribution is 6.31. The number of halogens is 2. The van der Waals surface area contributed by atoms with Gasteiger partial charge in [-0.1, -0.05) is 39.3 Å². The maximum atomic E-state index is 13.3. The van der Waals surface area contributed by atoms with E-state index in [2.05, 4.69) is 4.98 Å². The van der Waals surface area contributed by atoms with Crippen LogP contribution in [0.2, 0.25) is 5.02 Å². The summed E-state index contributed by atoms with van der Waals surface area (Å²) in [6.07, 6.45) is 1.59. The smallest absolute Gasteiger partial charge is 0.150 e. The van der Waals surface area contributed by atoms with E-state index < -0.39 is 0 Å². The van der Waals surface area contributed by atoms with E-state index in [1.54, 1.807) is 12.3 Å². The van der Waals surface area contributed by atoms with Gasteiger partial charge in [0.15, 0.2) is 5.82 Å². The highest BCUT2D eigenvalue weighted by atomic mass is 35.5. The second-order valence-corrected chi connectivity index (χ2v) is 3.35. The molecule has 0 bridgehead atoms. The number of rotatable bonds is 0. The van der Waals surface area contributed by atoms with Crippen molar-refractivity contribution in [2.75, 3.05) is 0 Å². The van der Waals surface area contributed by atoms with Crippen molar-refractivity contribution in [3.8, 4) is 0 Å². The number of aryl methyl sites for hydroxylation is 1. The first-order valence-corrected chi connectivity index (χ1v) is 6.26. The quantitative estimate of drug-likeness (QED) is 0.615. The number of pyridine rings is 1. The average molecular weight is 256 g/mol. The molecule has 0 atom stereocenters. The molecule has 1 heterocycles.